The number of nitrogens with one attached hydrogen (secondary N) is 3. The second kappa shape index (κ2) is 16.0. The van der Waals surface area contributed by atoms with Gasteiger partial charge in [0.2, 0.25) is 21.8 Å². The molecule has 5 amide bonds. The highest BCUT2D eigenvalue weighted by Gasteiger charge is 2.62. The van der Waals surface area contributed by atoms with Gasteiger partial charge in [0.05, 0.1) is 18.4 Å². The van der Waals surface area contributed by atoms with E-state index < -0.39 is 68.9 Å². The van der Waals surface area contributed by atoms with Crippen LogP contribution in [0.15, 0.2) is 18.2 Å². The molecule has 3 aliphatic heterocycles. The van der Waals surface area contributed by atoms with Crippen LogP contribution in [0.25, 0.3) is 0 Å². The first-order chi connectivity index (χ1) is 25.0. The van der Waals surface area contributed by atoms with E-state index in [1.54, 1.807) is 4.90 Å². The summed E-state index contributed by atoms with van der Waals surface area (Å²) in [6, 6.07) is 4.00. The SMILES string of the molecule is CCCC[C@@H]1NC(=O)OCCCCCCCc2cccc3c2CN(C3)C(=O)O[C@@H]2C[C@@H](C(=O)N[C@]3(C(=O)NS(=O)(=O)C4CC4)C[C@H]3CC)N(C2)C1=O. The third-order valence-corrected chi connectivity index (χ3v) is 13.1. The molecule has 3 heterocycles. The summed E-state index contributed by atoms with van der Waals surface area (Å²) in [6.45, 7) is 4.75. The summed E-state index contributed by atoms with van der Waals surface area (Å²) >= 11 is 0. The van der Waals surface area contributed by atoms with Gasteiger partial charge >= 0.3 is 12.2 Å². The van der Waals surface area contributed by atoms with Crippen molar-refractivity contribution in [2.45, 2.75) is 146 Å². The van der Waals surface area contributed by atoms with Gasteiger partial charge in [-0.3, -0.25) is 24.0 Å². The lowest BCUT2D eigenvalue weighted by Gasteiger charge is -2.29. The van der Waals surface area contributed by atoms with Crippen molar-refractivity contribution in [3.05, 3.63) is 34.9 Å². The number of sulfonamides is 1. The first-order valence-electron chi connectivity index (χ1n) is 19.1. The maximum Gasteiger partial charge on any atom is 0.410 e. The van der Waals surface area contributed by atoms with Gasteiger partial charge in [-0.15, -0.1) is 0 Å². The highest BCUT2D eigenvalue weighted by Crippen LogP contribution is 2.47. The Kier molecular flexibility index (Phi) is 11.7. The zero-order chi connectivity index (χ0) is 37.0. The maximum atomic E-state index is 14.3. The third kappa shape index (κ3) is 8.50. The summed E-state index contributed by atoms with van der Waals surface area (Å²) in [5.74, 6) is -2.24. The minimum absolute atomic E-state index is 0.0326. The number of hydrogen-bond acceptors (Lipinski definition) is 9. The van der Waals surface area contributed by atoms with Crippen molar-refractivity contribution in [3.63, 3.8) is 0 Å². The molecular weight excluding hydrogens is 690 g/mol. The molecule has 3 N–H and O–H groups in total. The van der Waals surface area contributed by atoms with Crippen LogP contribution in [0.1, 0.15) is 114 Å². The van der Waals surface area contributed by atoms with Gasteiger partial charge in [0, 0.05) is 19.5 Å². The van der Waals surface area contributed by atoms with E-state index in [1.807, 2.05) is 26.0 Å². The zero-order valence-corrected chi connectivity index (χ0v) is 31.1. The van der Waals surface area contributed by atoms with E-state index in [0.717, 1.165) is 49.7 Å². The van der Waals surface area contributed by atoms with E-state index in [0.29, 0.717) is 51.6 Å². The normalized spacial score (nSPS) is 28.6. The maximum absolute atomic E-state index is 14.3. The zero-order valence-electron chi connectivity index (χ0n) is 30.3. The molecule has 3 fully saturated rings. The quantitative estimate of drug-likeness (QED) is 0.339. The smallest absolute Gasteiger partial charge is 0.410 e. The fraction of sp³-hybridized carbons (Fsp3) is 0.703. The van der Waals surface area contributed by atoms with Crippen LogP contribution >= 0.6 is 0 Å². The highest BCUT2D eigenvalue weighted by atomic mass is 32.2. The largest absolute Gasteiger partial charge is 0.450 e. The van der Waals surface area contributed by atoms with Gasteiger partial charge in [0.1, 0.15) is 23.7 Å². The Morgan fingerprint density at radius 1 is 1.02 bits per heavy atom. The summed E-state index contributed by atoms with van der Waals surface area (Å²) in [4.78, 5) is 71.4. The first-order valence-corrected chi connectivity index (χ1v) is 20.7. The summed E-state index contributed by atoms with van der Waals surface area (Å²) in [6.07, 6.45) is 6.78. The summed E-state index contributed by atoms with van der Waals surface area (Å²) in [5, 5.41) is 4.92. The Hall–Kier alpha value is -3.88. The van der Waals surface area contributed by atoms with Gasteiger partial charge in [-0.2, -0.15) is 0 Å². The van der Waals surface area contributed by atoms with Crippen molar-refractivity contribution in [1.82, 2.24) is 25.2 Å². The van der Waals surface area contributed by atoms with Gasteiger partial charge in [0.15, 0.2) is 0 Å². The van der Waals surface area contributed by atoms with Crippen LogP contribution in [0.4, 0.5) is 9.59 Å². The average Bonchev–Trinajstić information content (AvgIpc) is 4.01. The Balaban J connectivity index is 1.24. The number of benzene rings is 1. The molecule has 14 nitrogen and oxygen atoms in total. The summed E-state index contributed by atoms with van der Waals surface area (Å²) in [7, 11) is -3.86. The van der Waals surface area contributed by atoms with Crippen molar-refractivity contribution >= 4 is 39.9 Å². The number of nitrogens with zero attached hydrogens (tertiary/aromatic N) is 2. The molecule has 0 spiro atoms. The Bertz CT molecular complexity index is 1650. The van der Waals surface area contributed by atoms with Crippen LogP contribution < -0.4 is 15.4 Å². The topological polar surface area (TPSA) is 181 Å². The third-order valence-electron chi connectivity index (χ3n) is 11.3. The van der Waals surface area contributed by atoms with Crippen LogP contribution in [0, 0.1) is 5.92 Å². The molecule has 15 heteroatoms. The molecule has 1 saturated heterocycles. The van der Waals surface area contributed by atoms with E-state index >= 15 is 0 Å². The molecule has 52 heavy (non-hydrogen) atoms. The number of ether oxygens (including phenoxy) is 2. The van der Waals surface area contributed by atoms with Crippen LogP contribution in [-0.4, -0.2) is 90.3 Å². The van der Waals surface area contributed by atoms with Crippen LogP contribution in [0.3, 0.4) is 0 Å². The number of hydrogen-bond donors (Lipinski definition) is 3. The molecule has 0 radical (unpaired) electrons. The van der Waals surface area contributed by atoms with Crippen molar-refractivity contribution in [2.24, 2.45) is 5.92 Å². The standard InChI is InChI=1S/C37H53N5O9S/c1-3-5-15-30-33(44)42-22-27(19-31(42)32(43)39-37(20-26(37)4-2)34(45)40-52(48,49)28-16-17-28)51-36(47)41-21-25-14-11-13-24(29(25)23-41)12-9-7-6-8-10-18-50-35(46)38-30/h11,13-14,26-28,30-31H,3-10,12,15-23H2,1-2H3,(H,38,46)(H,39,43)(H,40,45)/t26-,27-,30+,31+,37-/m1/s1. The second-order valence-electron chi connectivity index (χ2n) is 15.1. The first kappa shape index (κ1) is 37.9. The number of carbonyl (C=O) groups is 5. The van der Waals surface area contributed by atoms with Gasteiger partial charge in [0.25, 0.3) is 5.91 Å². The van der Waals surface area contributed by atoms with E-state index in [-0.39, 0.29) is 31.9 Å². The lowest BCUT2D eigenvalue weighted by atomic mass is 9.98. The van der Waals surface area contributed by atoms with Gasteiger partial charge in [-0.05, 0) is 67.6 Å². The molecule has 2 aliphatic carbocycles. The minimum Gasteiger partial charge on any atom is -0.450 e. The number of aryl methyl sites for hydroxylation is 1. The van der Waals surface area contributed by atoms with Gasteiger partial charge in [-0.1, -0.05) is 70.6 Å². The molecule has 0 unspecified atom stereocenters. The minimum atomic E-state index is -3.86. The highest BCUT2D eigenvalue weighted by molar-refractivity contribution is 7.91. The molecule has 5 aliphatic rings. The fourth-order valence-electron chi connectivity index (χ4n) is 7.90. The van der Waals surface area contributed by atoms with Crippen LogP contribution in [0.2, 0.25) is 0 Å². The van der Waals surface area contributed by atoms with Crippen molar-refractivity contribution in [1.29, 1.82) is 0 Å². The summed E-state index contributed by atoms with van der Waals surface area (Å²) in [5.41, 5.74) is 1.97. The Morgan fingerprint density at radius 3 is 2.50 bits per heavy atom. The molecule has 4 bridgehead atoms. The van der Waals surface area contributed by atoms with E-state index in [2.05, 4.69) is 21.4 Å². The lowest BCUT2D eigenvalue weighted by Crippen LogP contribution is -2.58. The molecular formula is C37H53N5O9S. The molecule has 286 valence electrons. The number of alkyl carbamates (subject to hydrolysis) is 1. The van der Waals surface area contributed by atoms with E-state index in [9.17, 15) is 32.4 Å². The van der Waals surface area contributed by atoms with E-state index in [1.165, 1.54) is 10.5 Å². The van der Waals surface area contributed by atoms with Crippen LogP contribution in [-0.2, 0) is 53.4 Å². The molecule has 6 rings (SSSR count). The average molecular weight is 744 g/mol. The number of unbranched alkanes of at least 4 members (excludes halogenated alkanes) is 1. The number of rotatable bonds is 9. The van der Waals surface area contributed by atoms with Crippen molar-refractivity contribution < 1.29 is 41.9 Å². The van der Waals surface area contributed by atoms with Crippen molar-refractivity contribution in [3.8, 4) is 0 Å². The van der Waals surface area contributed by atoms with Crippen molar-refractivity contribution in [2.75, 3.05) is 13.2 Å². The number of cyclic esters (lactones) is 1. The molecule has 2 saturated carbocycles. The number of carbonyl (C=O) groups excluding carboxylic acids is 5. The lowest BCUT2D eigenvalue weighted by molar-refractivity contribution is -0.141. The Morgan fingerprint density at radius 2 is 1.77 bits per heavy atom. The molecule has 5 atom stereocenters. The monoisotopic (exact) mass is 743 g/mol. The number of fused-ring (bicyclic) bond motifs is 3. The van der Waals surface area contributed by atoms with Gasteiger partial charge in [-0.25, -0.2) is 18.0 Å². The van der Waals surface area contributed by atoms with Gasteiger partial charge < -0.3 is 25.0 Å². The second-order valence-corrected chi connectivity index (χ2v) is 17.1. The Labute approximate surface area is 306 Å². The number of amides is 5. The van der Waals surface area contributed by atoms with E-state index in [4.69, 9.17) is 9.47 Å². The fourth-order valence-corrected chi connectivity index (χ4v) is 9.27. The van der Waals surface area contributed by atoms with Crippen LogP contribution in [0.5, 0.6) is 0 Å². The predicted octanol–water partition coefficient (Wildman–Crippen LogP) is 3.79. The molecule has 0 aromatic heterocycles. The molecule has 1 aromatic rings. The summed E-state index contributed by atoms with van der Waals surface area (Å²) < 4.78 is 39.0. The molecule has 1 aromatic carbocycles. The predicted molar refractivity (Wildman–Crippen MR) is 190 cm³/mol.